The number of carbonyl (C=O) groups excluding carboxylic acids is 1. The first-order valence-corrected chi connectivity index (χ1v) is 12.2. The van der Waals surface area contributed by atoms with Gasteiger partial charge in [0, 0.05) is 29.9 Å². The number of hydrogen-bond acceptors (Lipinski definition) is 1. The van der Waals surface area contributed by atoms with Crippen molar-refractivity contribution in [1.29, 1.82) is 0 Å². The van der Waals surface area contributed by atoms with Gasteiger partial charge in [-0.15, -0.1) is 0 Å². The molecule has 0 spiro atoms. The molecule has 2 fully saturated rings. The zero-order valence-electron chi connectivity index (χ0n) is 19.3. The smallest absolute Gasteiger partial charge is 0.226 e. The van der Waals surface area contributed by atoms with Crippen LogP contribution in [0, 0.1) is 5.92 Å². The summed E-state index contributed by atoms with van der Waals surface area (Å²) in [4.78, 5) is 18.5. The number of likely N-dealkylation sites (tertiary alicyclic amines) is 1. The molecule has 4 nitrogen and oxygen atoms in total. The molecule has 31 heavy (non-hydrogen) atoms. The Hall–Kier alpha value is -2.17. The summed E-state index contributed by atoms with van der Waals surface area (Å²) < 4.78 is 0. The molecule has 0 unspecified atom stereocenters. The van der Waals surface area contributed by atoms with Crippen LogP contribution in [-0.2, 0) is 17.9 Å². The fourth-order valence-corrected chi connectivity index (χ4v) is 5.12. The Morgan fingerprint density at radius 1 is 0.839 bits per heavy atom. The third kappa shape index (κ3) is 5.96. The molecule has 2 heterocycles. The molecule has 2 saturated heterocycles. The van der Waals surface area contributed by atoms with E-state index in [0.717, 1.165) is 65.2 Å². The van der Waals surface area contributed by atoms with Gasteiger partial charge in [0.25, 0.3) is 0 Å². The van der Waals surface area contributed by atoms with E-state index in [1.54, 1.807) is 9.80 Å². The quantitative estimate of drug-likeness (QED) is 0.728. The third-order valence-corrected chi connectivity index (χ3v) is 7.22. The standard InChI is InChI=1S/C27H37N3O/c1-22(2)25-10-8-24(9-11-25)21-28-14-12-26(13-15-28)27(31)30-18-16-29(17-19-30)20-23-6-4-3-5-7-23/h3-11,22,26H,12-21H2,1-2H3/p+2. The second kappa shape index (κ2) is 10.4. The fourth-order valence-electron chi connectivity index (χ4n) is 5.12. The molecular formula is C27H39N3O+2. The maximum atomic E-state index is 13.1. The van der Waals surface area contributed by atoms with Crippen LogP contribution >= 0.6 is 0 Å². The Bertz CT molecular complexity index is 817. The van der Waals surface area contributed by atoms with Crippen LogP contribution < -0.4 is 9.80 Å². The minimum absolute atomic E-state index is 0.239. The van der Waals surface area contributed by atoms with Crippen molar-refractivity contribution in [2.24, 2.45) is 5.92 Å². The monoisotopic (exact) mass is 421 g/mol. The van der Waals surface area contributed by atoms with E-state index < -0.39 is 0 Å². The van der Waals surface area contributed by atoms with Gasteiger partial charge in [-0.1, -0.05) is 68.4 Å². The van der Waals surface area contributed by atoms with Gasteiger partial charge < -0.3 is 14.7 Å². The SMILES string of the molecule is CC(C)c1ccc(C[NH+]2CCC(C(=O)N3CC[NH+](Cc4ccccc4)CC3)CC2)cc1. The zero-order valence-corrected chi connectivity index (χ0v) is 19.3. The van der Waals surface area contributed by atoms with Crippen LogP contribution in [0.25, 0.3) is 0 Å². The third-order valence-electron chi connectivity index (χ3n) is 7.22. The second-order valence-corrected chi connectivity index (χ2v) is 9.83. The van der Waals surface area contributed by atoms with Gasteiger partial charge in [-0.05, 0) is 11.5 Å². The Balaban J connectivity index is 1.20. The largest absolute Gasteiger partial charge is 0.331 e. The van der Waals surface area contributed by atoms with Crippen molar-refractivity contribution < 1.29 is 14.6 Å². The predicted molar refractivity (Wildman–Crippen MR) is 125 cm³/mol. The van der Waals surface area contributed by atoms with Crippen molar-refractivity contribution in [3.63, 3.8) is 0 Å². The van der Waals surface area contributed by atoms with Crippen LogP contribution in [0.4, 0.5) is 0 Å². The molecule has 4 rings (SSSR count). The maximum absolute atomic E-state index is 13.1. The Kier molecular flexibility index (Phi) is 7.41. The fraction of sp³-hybridized carbons (Fsp3) is 0.519. The van der Waals surface area contributed by atoms with Crippen molar-refractivity contribution in [3.05, 3.63) is 71.3 Å². The van der Waals surface area contributed by atoms with Gasteiger partial charge in [-0.2, -0.15) is 0 Å². The number of piperazine rings is 1. The van der Waals surface area contributed by atoms with E-state index in [-0.39, 0.29) is 5.92 Å². The first kappa shape index (κ1) is 22.0. The average molecular weight is 422 g/mol. The molecule has 4 heteroatoms. The minimum atomic E-state index is 0.239. The summed E-state index contributed by atoms with van der Waals surface area (Å²) in [5, 5.41) is 0. The molecule has 2 N–H and O–H groups in total. The molecule has 1 amide bonds. The normalized spacial score (nSPS) is 22.6. The molecule has 0 radical (unpaired) electrons. The van der Waals surface area contributed by atoms with Gasteiger partial charge in [0.05, 0.1) is 39.3 Å². The van der Waals surface area contributed by atoms with Crippen LogP contribution in [0.15, 0.2) is 54.6 Å². The Labute approximate surface area is 187 Å². The maximum Gasteiger partial charge on any atom is 0.226 e. The van der Waals surface area contributed by atoms with Crippen LogP contribution in [0.2, 0.25) is 0 Å². The van der Waals surface area contributed by atoms with E-state index in [0.29, 0.717) is 11.8 Å². The van der Waals surface area contributed by atoms with E-state index in [9.17, 15) is 4.79 Å². The first-order chi connectivity index (χ1) is 15.1. The lowest BCUT2D eigenvalue weighted by Gasteiger charge is -2.36. The summed E-state index contributed by atoms with van der Waals surface area (Å²) in [7, 11) is 0. The lowest BCUT2D eigenvalue weighted by Crippen LogP contribution is -3.13. The summed E-state index contributed by atoms with van der Waals surface area (Å²) in [6, 6.07) is 19.8. The highest BCUT2D eigenvalue weighted by Gasteiger charge is 2.32. The number of amides is 1. The van der Waals surface area contributed by atoms with Crippen LogP contribution in [0.5, 0.6) is 0 Å². The highest BCUT2D eigenvalue weighted by Crippen LogP contribution is 2.16. The summed E-state index contributed by atoms with van der Waals surface area (Å²) in [6.45, 7) is 12.8. The summed E-state index contributed by atoms with van der Waals surface area (Å²) in [6.07, 6.45) is 2.07. The number of nitrogens with one attached hydrogen (secondary N) is 2. The van der Waals surface area contributed by atoms with E-state index in [2.05, 4.69) is 73.3 Å². The molecular weight excluding hydrogens is 382 g/mol. The van der Waals surface area contributed by atoms with Crippen LogP contribution in [0.3, 0.4) is 0 Å². The predicted octanol–water partition coefficient (Wildman–Crippen LogP) is 1.53. The number of nitrogens with zero attached hydrogens (tertiary/aromatic N) is 1. The Morgan fingerprint density at radius 2 is 1.39 bits per heavy atom. The highest BCUT2D eigenvalue weighted by atomic mass is 16.2. The van der Waals surface area contributed by atoms with Crippen LogP contribution in [0.1, 0.15) is 49.3 Å². The van der Waals surface area contributed by atoms with Gasteiger partial charge in [0.2, 0.25) is 5.91 Å². The molecule has 0 saturated carbocycles. The first-order valence-electron chi connectivity index (χ1n) is 12.2. The average Bonchev–Trinajstić information content (AvgIpc) is 2.81. The van der Waals surface area contributed by atoms with E-state index in [4.69, 9.17) is 0 Å². The van der Waals surface area contributed by atoms with Crippen molar-refractivity contribution in [1.82, 2.24) is 4.90 Å². The molecule has 0 aliphatic carbocycles. The number of benzene rings is 2. The van der Waals surface area contributed by atoms with Crippen molar-refractivity contribution in [2.75, 3.05) is 39.3 Å². The van der Waals surface area contributed by atoms with Crippen LogP contribution in [-0.4, -0.2) is 50.1 Å². The molecule has 2 aromatic carbocycles. The highest BCUT2D eigenvalue weighted by molar-refractivity contribution is 5.79. The summed E-state index contributed by atoms with van der Waals surface area (Å²) in [5.41, 5.74) is 4.22. The van der Waals surface area contributed by atoms with E-state index in [1.807, 2.05) is 0 Å². The number of quaternary nitrogens is 2. The van der Waals surface area contributed by atoms with E-state index >= 15 is 0 Å². The molecule has 2 aromatic rings. The zero-order chi connectivity index (χ0) is 21.6. The Morgan fingerprint density at radius 3 is 1.97 bits per heavy atom. The molecule has 2 aliphatic heterocycles. The van der Waals surface area contributed by atoms with Crippen molar-refractivity contribution in [3.8, 4) is 0 Å². The molecule has 0 atom stereocenters. The number of piperidine rings is 1. The summed E-state index contributed by atoms with van der Waals surface area (Å²) in [5.74, 6) is 1.24. The molecule has 166 valence electrons. The van der Waals surface area contributed by atoms with Gasteiger partial charge in [-0.25, -0.2) is 0 Å². The molecule has 2 aliphatic rings. The number of rotatable bonds is 6. The van der Waals surface area contributed by atoms with Gasteiger partial charge >= 0.3 is 0 Å². The topological polar surface area (TPSA) is 29.2 Å². The van der Waals surface area contributed by atoms with E-state index in [1.165, 1.54) is 16.7 Å². The number of carbonyl (C=O) groups is 1. The summed E-state index contributed by atoms with van der Waals surface area (Å²) >= 11 is 0. The minimum Gasteiger partial charge on any atom is -0.331 e. The van der Waals surface area contributed by atoms with Gasteiger partial charge in [0.15, 0.2) is 0 Å². The lowest BCUT2D eigenvalue weighted by atomic mass is 9.94. The van der Waals surface area contributed by atoms with Crippen molar-refractivity contribution in [2.45, 2.75) is 45.7 Å². The van der Waals surface area contributed by atoms with Gasteiger partial charge in [0.1, 0.15) is 13.1 Å². The number of hydrogen-bond donors (Lipinski definition) is 2. The van der Waals surface area contributed by atoms with Gasteiger partial charge in [-0.3, -0.25) is 4.79 Å². The molecule has 0 bridgehead atoms. The second-order valence-electron chi connectivity index (χ2n) is 9.83. The molecule has 0 aromatic heterocycles. The van der Waals surface area contributed by atoms with Crippen molar-refractivity contribution >= 4 is 5.91 Å². The lowest BCUT2D eigenvalue weighted by molar-refractivity contribution is -0.919.